The van der Waals surface area contributed by atoms with Crippen molar-refractivity contribution in [3.63, 3.8) is 0 Å². The maximum Gasteiger partial charge on any atom is 0.161 e. The molecule has 0 amide bonds. The fourth-order valence-corrected chi connectivity index (χ4v) is 3.49. The number of hydrogen-bond acceptors (Lipinski definition) is 2. The van der Waals surface area contributed by atoms with Crippen LogP contribution in [0.2, 0.25) is 0 Å². The van der Waals surface area contributed by atoms with Crippen molar-refractivity contribution in [1.82, 2.24) is 0 Å². The quantitative estimate of drug-likeness (QED) is 0.591. The number of phenols is 2. The summed E-state index contributed by atoms with van der Waals surface area (Å²) in [5.74, 6) is -0.128. The summed E-state index contributed by atoms with van der Waals surface area (Å²) in [7, 11) is 0. The van der Waals surface area contributed by atoms with Gasteiger partial charge in [0.05, 0.1) is 0 Å². The highest BCUT2D eigenvalue weighted by Crippen LogP contribution is 2.44. The molecule has 0 fully saturated rings. The molecule has 0 heterocycles. The van der Waals surface area contributed by atoms with Gasteiger partial charge in [-0.1, -0.05) is 94.4 Å². The van der Waals surface area contributed by atoms with Gasteiger partial charge in [-0.2, -0.15) is 0 Å². The minimum Gasteiger partial charge on any atom is -0.504 e. The molecular weight excluding hydrogens is 320 g/mol. The van der Waals surface area contributed by atoms with Crippen molar-refractivity contribution in [2.45, 2.75) is 38.5 Å². The molecule has 3 aromatic rings. The summed E-state index contributed by atoms with van der Waals surface area (Å²) in [4.78, 5) is 0. The first-order chi connectivity index (χ1) is 12.2. The monoisotopic (exact) mass is 346 g/mol. The average molecular weight is 346 g/mol. The van der Waals surface area contributed by atoms with Gasteiger partial charge in [0.25, 0.3) is 0 Å². The van der Waals surface area contributed by atoms with E-state index in [2.05, 4.69) is 39.8 Å². The lowest BCUT2D eigenvalue weighted by atomic mass is 9.73. The van der Waals surface area contributed by atoms with Crippen molar-refractivity contribution < 1.29 is 10.2 Å². The van der Waals surface area contributed by atoms with E-state index in [9.17, 15) is 10.2 Å². The largest absolute Gasteiger partial charge is 0.504 e. The molecule has 0 spiro atoms. The van der Waals surface area contributed by atoms with E-state index in [1.807, 2.05) is 54.6 Å². The molecule has 134 valence electrons. The molecule has 2 heteroatoms. The van der Waals surface area contributed by atoms with Crippen LogP contribution >= 0.6 is 0 Å². The summed E-state index contributed by atoms with van der Waals surface area (Å²) in [5.41, 5.74) is 3.21. The Bertz CT molecular complexity index is 894. The zero-order valence-corrected chi connectivity index (χ0v) is 15.8. The lowest BCUT2D eigenvalue weighted by molar-refractivity contribution is 0.390. The molecule has 0 atom stereocenters. The second kappa shape index (κ2) is 6.53. The van der Waals surface area contributed by atoms with E-state index < -0.39 is 5.41 Å². The van der Waals surface area contributed by atoms with Crippen LogP contribution in [0.1, 0.15) is 49.9 Å². The second-order valence-corrected chi connectivity index (χ2v) is 7.87. The molecule has 3 aromatic carbocycles. The molecule has 0 saturated heterocycles. The van der Waals surface area contributed by atoms with Gasteiger partial charge < -0.3 is 10.2 Å². The summed E-state index contributed by atoms with van der Waals surface area (Å²) in [6.45, 7) is 8.40. The second-order valence-electron chi connectivity index (χ2n) is 7.87. The number of benzene rings is 3. The highest BCUT2D eigenvalue weighted by molar-refractivity contribution is 5.56. The minimum atomic E-state index is -0.439. The lowest BCUT2D eigenvalue weighted by Gasteiger charge is -2.31. The average Bonchev–Trinajstić information content (AvgIpc) is 2.65. The molecule has 0 aromatic heterocycles. The van der Waals surface area contributed by atoms with Gasteiger partial charge in [-0.3, -0.25) is 0 Å². The standard InChI is InChI=1S/C24H26O2/c1-23(2,17-11-7-5-8-12-17)19-15-20(22(26)21(25)16-19)24(3,4)18-13-9-6-10-14-18/h5-16,25-26H,1-4H3. The molecule has 0 saturated carbocycles. The normalized spacial score (nSPS) is 12.2. The third-order valence-electron chi connectivity index (χ3n) is 5.48. The zero-order valence-electron chi connectivity index (χ0n) is 15.8. The number of phenolic OH excluding ortho intramolecular Hbond substituents is 2. The van der Waals surface area contributed by atoms with Crippen LogP contribution in [-0.2, 0) is 10.8 Å². The Kier molecular flexibility index (Phi) is 4.53. The highest BCUT2D eigenvalue weighted by Gasteiger charge is 2.31. The smallest absolute Gasteiger partial charge is 0.161 e. The SMILES string of the molecule is CC(C)(c1ccccc1)c1cc(O)c(O)c(C(C)(C)c2ccccc2)c1. The topological polar surface area (TPSA) is 40.5 Å². The van der Waals surface area contributed by atoms with Gasteiger partial charge in [-0.05, 0) is 22.8 Å². The third kappa shape index (κ3) is 3.08. The number of aromatic hydroxyl groups is 2. The Labute approximate surface area is 155 Å². The van der Waals surface area contributed by atoms with Gasteiger partial charge in [-0.15, -0.1) is 0 Å². The predicted octanol–water partition coefficient (Wildman–Crippen LogP) is 5.75. The molecule has 0 aliphatic heterocycles. The Balaban J connectivity index is 2.17. The van der Waals surface area contributed by atoms with Crippen molar-refractivity contribution in [1.29, 1.82) is 0 Å². The first-order valence-electron chi connectivity index (χ1n) is 8.92. The van der Waals surface area contributed by atoms with Crippen molar-refractivity contribution in [3.8, 4) is 11.5 Å². The highest BCUT2D eigenvalue weighted by atomic mass is 16.3. The van der Waals surface area contributed by atoms with E-state index in [0.717, 1.165) is 22.3 Å². The van der Waals surface area contributed by atoms with Gasteiger partial charge >= 0.3 is 0 Å². The maximum absolute atomic E-state index is 10.6. The Hall–Kier alpha value is -2.74. The summed E-state index contributed by atoms with van der Waals surface area (Å²) in [5, 5.41) is 21.1. The van der Waals surface area contributed by atoms with Gasteiger partial charge in [0.15, 0.2) is 11.5 Å². The fraction of sp³-hybridized carbons (Fsp3) is 0.250. The summed E-state index contributed by atoms with van der Waals surface area (Å²) < 4.78 is 0. The number of rotatable bonds is 4. The molecule has 0 aliphatic carbocycles. The molecule has 26 heavy (non-hydrogen) atoms. The Morgan fingerprint density at radius 2 is 1.04 bits per heavy atom. The molecule has 0 bridgehead atoms. The van der Waals surface area contributed by atoms with Crippen LogP contribution < -0.4 is 0 Å². The van der Waals surface area contributed by atoms with Crippen LogP contribution in [0.25, 0.3) is 0 Å². The van der Waals surface area contributed by atoms with Gasteiger partial charge in [0.1, 0.15) is 0 Å². The van der Waals surface area contributed by atoms with Gasteiger partial charge in [0.2, 0.25) is 0 Å². The molecule has 0 aliphatic rings. The molecule has 2 N–H and O–H groups in total. The van der Waals surface area contributed by atoms with Crippen LogP contribution in [0.5, 0.6) is 11.5 Å². The third-order valence-corrected chi connectivity index (χ3v) is 5.48. The minimum absolute atomic E-state index is 0.0496. The van der Waals surface area contributed by atoms with E-state index >= 15 is 0 Å². The van der Waals surface area contributed by atoms with Gasteiger partial charge in [-0.25, -0.2) is 0 Å². The van der Waals surface area contributed by atoms with Crippen LogP contribution in [0.3, 0.4) is 0 Å². The van der Waals surface area contributed by atoms with E-state index in [1.54, 1.807) is 6.07 Å². The van der Waals surface area contributed by atoms with Crippen molar-refractivity contribution in [3.05, 3.63) is 95.1 Å². The van der Waals surface area contributed by atoms with Gasteiger partial charge in [0, 0.05) is 16.4 Å². The van der Waals surface area contributed by atoms with Crippen molar-refractivity contribution in [2.75, 3.05) is 0 Å². The van der Waals surface area contributed by atoms with E-state index in [1.165, 1.54) is 0 Å². The zero-order chi connectivity index (χ0) is 18.9. The van der Waals surface area contributed by atoms with E-state index in [0.29, 0.717) is 0 Å². The summed E-state index contributed by atoms with van der Waals surface area (Å²) in [6, 6.07) is 24.0. The predicted molar refractivity (Wildman–Crippen MR) is 107 cm³/mol. The van der Waals surface area contributed by atoms with E-state index in [4.69, 9.17) is 0 Å². The Morgan fingerprint density at radius 3 is 1.54 bits per heavy atom. The summed E-state index contributed by atoms with van der Waals surface area (Å²) in [6.07, 6.45) is 0. The first-order valence-corrected chi connectivity index (χ1v) is 8.92. The van der Waals surface area contributed by atoms with Crippen molar-refractivity contribution >= 4 is 0 Å². The van der Waals surface area contributed by atoms with Crippen LogP contribution in [0, 0.1) is 0 Å². The van der Waals surface area contributed by atoms with Crippen LogP contribution in [0.4, 0.5) is 0 Å². The molecular formula is C24H26O2. The molecule has 3 rings (SSSR count). The number of hydrogen-bond donors (Lipinski definition) is 2. The molecule has 2 nitrogen and oxygen atoms in total. The molecule has 0 unspecified atom stereocenters. The fourth-order valence-electron chi connectivity index (χ4n) is 3.49. The Morgan fingerprint density at radius 1 is 0.577 bits per heavy atom. The lowest BCUT2D eigenvalue weighted by Crippen LogP contribution is -2.23. The van der Waals surface area contributed by atoms with Crippen LogP contribution in [0.15, 0.2) is 72.8 Å². The van der Waals surface area contributed by atoms with Crippen LogP contribution in [-0.4, -0.2) is 10.2 Å². The molecule has 0 radical (unpaired) electrons. The summed E-state index contributed by atoms with van der Waals surface area (Å²) >= 11 is 0. The first kappa shape index (κ1) is 18.1. The van der Waals surface area contributed by atoms with Crippen molar-refractivity contribution in [2.24, 2.45) is 0 Å². The van der Waals surface area contributed by atoms with E-state index in [-0.39, 0.29) is 16.9 Å². The maximum atomic E-state index is 10.6.